The molecule has 0 spiro atoms. The number of aliphatic imine (C=N–C) groups is 1. The molecule has 2 aromatic rings. The van der Waals surface area contributed by atoms with E-state index in [1.54, 1.807) is 11.3 Å². The molecular weight excluding hydrogens is 280 g/mol. The van der Waals surface area contributed by atoms with Crippen molar-refractivity contribution >= 4 is 17.3 Å². The van der Waals surface area contributed by atoms with Crippen molar-refractivity contribution in [2.75, 3.05) is 14.1 Å². The van der Waals surface area contributed by atoms with Crippen LogP contribution in [0.1, 0.15) is 22.4 Å². The summed E-state index contributed by atoms with van der Waals surface area (Å²) in [7, 11) is 3.99. The molecule has 0 radical (unpaired) electrons. The van der Waals surface area contributed by atoms with Gasteiger partial charge in [-0.1, -0.05) is 37.3 Å². The third-order valence-electron chi connectivity index (χ3n) is 3.03. The smallest absolute Gasteiger partial charge is 0.194 e. The van der Waals surface area contributed by atoms with Gasteiger partial charge in [0.1, 0.15) is 5.01 Å². The van der Waals surface area contributed by atoms with E-state index in [-0.39, 0.29) is 0 Å². The van der Waals surface area contributed by atoms with E-state index >= 15 is 0 Å². The molecule has 0 amide bonds. The van der Waals surface area contributed by atoms with Gasteiger partial charge in [-0.2, -0.15) is 0 Å². The first-order valence-electron chi connectivity index (χ1n) is 7.12. The van der Waals surface area contributed by atoms with E-state index < -0.39 is 0 Å². The second-order valence-electron chi connectivity index (χ2n) is 4.95. The highest BCUT2D eigenvalue weighted by atomic mass is 32.1. The zero-order chi connectivity index (χ0) is 15.1. The normalized spacial score (nSPS) is 11.5. The topological polar surface area (TPSA) is 40.5 Å². The molecule has 2 rings (SSSR count). The van der Waals surface area contributed by atoms with Crippen LogP contribution in [-0.4, -0.2) is 29.9 Å². The fourth-order valence-electron chi connectivity index (χ4n) is 1.85. The minimum Gasteiger partial charge on any atom is -0.350 e. The van der Waals surface area contributed by atoms with Crippen LogP contribution >= 0.6 is 11.3 Å². The summed E-state index contributed by atoms with van der Waals surface area (Å²) in [6.07, 6.45) is 3.00. The molecule has 1 heterocycles. The van der Waals surface area contributed by atoms with Crippen molar-refractivity contribution in [2.24, 2.45) is 4.99 Å². The van der Waals surface area contributed by atoms with E-state index in [4.69, 9.17) is 0 Å². The Morgan fingerprint density at radius 3 is 2.67 bits per heavy atom. The summed E-state index contributed by atoms with van der Waals surface area (Å²) < 4.78 is 0. The van der Waals surface area contributed by atoms with Gasteiger partial charge in [-0.3, -0.25) is 0 Å². The highest BCUT2D eigenvalue weighted by Gasteiger charge is 2.04. The van der Waals surface area contributed by atoms with E-state index in [0.717, 1.165) is 23.9 Å². The average molecular weight is 302 g/mol. The number of nitrogens with zero attached hydrogens (tertiary/aromatic N) is 3. The predicted molar refractivity (Wildman–Crippen MR) is 89.6 cm³/mol. The van der Waals surface area contributed by atoms with Gasteiger partial charge in [-0.05, 0) is 12.0 Å². The maximum absolute atomic E-state index is 4.64. The Labute approximate surface area is 130 Å². The Morgan fingerprint density at radius 1 is 1.29 bits per heavy atom. The molecule has 0 saturated carbocycles. The molecule has 5 heteroatoms. The van der Waals surface area contributed by atoms with Crippen LogP contribution in [0.3, 0.4) is 0 Å². The second-order valence-corrected chi connectivity index (χ2v) is 6.15. The maximum atomic E-state index is 4.64. The van der Waals surface area contributed by atoms with Crippen LogP contribution < -0.4 is 5.32 Å². The molecule has 112 valence electrons. The fourth-order valence-corrected chi connectivity index (χ4v) is 2.66. The first-order chi connectivity index (χ1) is 10.2. The maximum Gasteiger partial charge on any atom is 0.194 e. The third-order valence-corrected chi connectivity index (χ3v) is 4.17. The predicted octanol–water partition coefficient (Wildman–Crippen LogP) is 2.91. The van der Waals surface area contributed by atoms with Gasteiger partial charge in [0, 0.05) is 25.2 Å². The Morgan fingerprint density at radius 2 is 2.05 bits per heavy atom. The molecule has 0 bridgehead atoms. The molecule has 1 N–H and O–H groups in total. The van der Waals surface area contributed by atoms with Gasteiger partial charge in [0.15, 0.2) is 5.96 Å². The van der Waals surface area contributed by atoms with Gasteiger partial charge in [-0.15, -0.1) is 11.3 Å². The summed E-state index contributed by atoms with van der Waals surface area (Å²) in [5, 5.41) is 4.47. The van der Waals surface area contributed by atoms with Gasteiger partial charge < -0.3 is 10.2 Å². The minimum absolute atomic E-state index is 0.680. The molecule has 0 atom stereocenters. The highest BCUT2D eigenvalue weighted by molar-refractivity contribution is 7.11. The summed E-state index contributed by atoms with van der Waals surface area (Å²) in [6.45, 7) is 3.55. The molecular formula is C16H22N4S. The minimum atomic E-state index is 0.680. The van der Waals surface area contributed by atoms with Crippen LogP contribution in [0.5, 0.6) is 0 Å². The van der Waals surface area contributed by atoms with E-state index in [0.29, 0.717) is 6.54 Å². The van der Waals surface area contributed by atoms with E-state index in [1.165, 1.54) is 10.4 Å². The first kappa shape index (κ1) is 15.5. The Kier molecular flexibility index (Phi) is 5.75. The number of guanidine groups is 1. The standard InChI is InChI=1S/C16H22N4S/c1-4-14-11-17-15(21-14)12-19-16(20(2)3)18-10-13-8-6-5-7-9-13/h5-9,11H,4,10,12H2,1-3H3,(H,18,19). The zero-order valence-corrected chi connectivity index (χ0v) is 13.7. The van der Waals surface area contributed by atoms with Crippen LogP contribution in [0.4, 0.5) is 0 Å². The molecule has 0 fully saturated rings. The van der Waals surface area contributed by atoms with Crippen LogP contribution in [0.15, 0.2) is 41.5 Å². The fraction of sp³-hybridized carbons (Fsp3) is 0.375. The van der Waals surface area contributed by atoms with Gasteiger partial charge in [0.2, 0.25) is 0 Å². The van der Waals surface area contributed by atoms with Gasteiger partial charge in [0.25, 0.3) is 0 Å². The quantitative estimate of drug-likeness (QED) is 0.682. The molecule has 0 aliphatic rings. The van der Waals surface area contributed by atoms with Crippen molar-refractivity contribution in [3.05, 3.63) is 52.0 Å². The lowest BCUT2D eigenvalue weighted by atomic mass is 10.2. The summed E-state index contributed by atoms with van der Waals surface area (Å²) in [6, 6.07) is 10.3. The molecule has 0 aliphatic carbocycles. The molecule has 1 aromatic carbocycles. The van der Waals surface area contributed by atoms with Crippen molar-refractivity contribution in [1.29, 1.82) is 0 Å². The van der Waals surface area contributed by atoms with Crippen molar-refractivity contribution in [3.8, 4) is 0 Å². The third kappa shape index (κ3) is 4.86. The molecule has 1 aromatic heterocycles. The molecule has 0 unspecified atom stereocenters. The summed E-state index contributed by atoms with van der Waals surface area (Å²) >= 11 is 1.75. The Bertz CT molecular complexity index is 575. The first-order valence-corrected chi connectivity index (χ1v) is 7.94. The molecule has 0 aliphatic heterocycles. The number of benzene rings is 1. The van der Waals surface area contributed by atoms with Crippen LogP contribution in [0, 0.1) is 0 Å². The summed E-state index contributed by atoms with van der Waals surface area (Å²) in [5.41, 5.74) is 1.21. The highest BCUT2D eigenvalue weighted by Crippen LogP contribution is 2.12. The summed E-state index contributed by atoms with van der Waals surface area (Å²) in [5.74, 6) is 0.882. The SMILES string of the molecule is CCc1cnc(CNC(=NCc2ccccc2)N(C)C)s1. The van der Waals surface area contributed by atoms with Crippen LogP contribution in [-0.2, 0) is 19.5 Å². The monoisotopic (exact) mass is 302 g/mol. The lowest BCUT2D eigenvalue weighted by Crippen LogP contribution is -2.36. The largest absolute Gasteiger partial charge is 0.350 e. The summed E-state index contributed by atoms with van der Waals surface area (Å²) in [4.78, 5) is 12.4. The van der Waals surface area contributed by atoms with E-state index in [9.17, 15) is 0 Å². The Hall–Kier alpha value is -1.88. The van der Waals surface area contributed by atoms with Gasteiger partial charge >= 0.3 is 0 Å². The molecule has 4 nitrogen and oxygen atoms in total. The number of hydrogen-bond donors (Lipinski definition) is 1. The van der Waals surface area contributed by atoms with Crippen molar-refractivity contribution in [2.45, 2.75) is 26.4 Å². The Balaban J connectivity index is 1.95. The average Bonchev–Trinajstić information content (AvgIpc) is 2.96. The lowest BCUT2D eigenvalue weighted by molar-refractivity contribution is 0.578. The van der Waals surface area contributed by atoms with Crippen LogP contribution in [0.2, 0.25) is 0 Å². The lowest BCUT2D eigenvalue weighted by Gasteiger charge is -2.17. The van der Waals surface area contributed by atoms with Crippen molar-refractivity contribution in [3.63, 3.8) is 0 Å². The van der Waals surface area contributed by atoms with Crippen LogP contribution in [0.25, 0.3) is 0 Å². The number of thiazole rings is 1. The number of rotatable bonds is 5. The van der Waals surface area contributed by atoms with Gasteiger partial charge in [0.05, 0.1) is 13.1 Å². The van der Waals surface area contributed by atoms with E-state index in [1.807, 2.05) is 43.4 Å². The van der Waals surface area contributed by atoms with Gasteiger partial charge in [-0.25, -0.2) is 9.98 Å². The molecule has 21 heavy (non-hydrogen) atoms. The van der Waals surface area contributed by atoms with Crippen molar-refractivity contribution < 1.29 is 0 Å². The molecule has 0 saturated heterocycles. The van der Waals surface area contributed by atoms with E-state index in [2.05, 4.69) is 34.3 Å². The second kappa shape index (κ2) is 7.78. The number of aryl methyl sites for hydroxylation is 1. The number of hydrogen-bond acceptors (Lipinski definition) is 3. The number of aromatic nitrogens is 1. The zero-order valence-electron chi connectivity index (χ0n) is 12.8. The van der Waals surface area contributed by atoms with Crippen molar-refractivity contribution in [1.82, 2.24) is 15.2 Å². The number of nitrogens with one attached hydrogen (secondary N) is 1.